The Hall–Kier alpha value is -2.22. The third kappa shape index (κ3) is 2.83. The van der Waals surface area contributed by atoms with Crippen molar-refractivity contribution in [3.63, 3.8) is 0 Å². The van der Waals surface area contributed by atoms with Crippen LogP contribution < -0.4 is 5.32 Å². The minimum atomic E-state index is 0.302. The van der Waals surface area contributed by atoms with Crippen molar-refractivity contribution in [2.24, 2.45) is 17.8 Å². The number of allylic oxidation sites excluding steroid dienone is 7. The maximum Gasteiger partial charge on any atom is 0.116 e. The van der Waals surface area contributed by atoms with Crippen LogP contribution in [0.25, 0.3) is 6.08 Å². The molecule has 5 aliphatic rings. The van der Waals surface area contributed by atoms with E-state index >= 15 is 0 Å². The molecule has 0 aliphatic heterocycles. The summed E-state index contributed by atoms with van der Waals surface area (Å²) in [6.45, 7) is 2.33. The maximum absolute atomic E-state index is 6.62. The Labute approximate surface area is 174 Å². The normalized spacial score (nSPS) is 36.7. The summed E-state index contributed by atoms with van der Waals surface area (Å²) in [4.78, 5) is 0. The van der Waals surface area contributed by atoms with Gasteiger partial charge in [0, 0.05) is 29.2 Å². The van der Waals surface area contributed by atoms with E-state index in [0.29, 0.717) is 29.7 Å². The van der Waals surface area contributed by atoms with Gasteiger partial charge in [0.2, 0.25) is 0 Å². The predicted molar refractivity (Wildman–Crippen MR) is 119 cm³/mol. The summed E-state index contributed by atoms with van der Waals surface area (Å²) in [5, 5.41) is 3.74. The van der Waals surface area contributed by atoms with E-state index < -0.39 is 0 Å². The van der Waals surface area contributed by atoms with Gasteiger partial charge in [-0.05, 0) is 61.9 Å². The van der Waals surface area contributed by atoms with Crippen LogP contribution >= 0.6 is 0 Å². The maximum atomic E-state index is 6.62. The van der Waals surface area contributed by atoms with Crippen molar-refractivity contribution in [3.05, 3.63) is 77.0 Å². The molecule has 1 aromatic heterocycles. The molecule has 2 nitrogen and oxygen atoms in total. The van der Waals surface area contributed by atoms with Gasteiger partial charge in [-0.15, -0.1) is 0 Å². The number of hydrogen-bond donors (Lipinski definition) is 1. The topological polar surface area (TPSA) is 25.2 Å². The largest absolute Gasteiger partial charge is 0.465 e. The van der Waals surface area contributed by atoms with E-state index in [2.05, 4.69) is 66.9 Å². The van der Waals surface area contributed by atoms with Crippen molar-refractivity contribution in [2.75, 3.05) is 0 Å². The molecule has 1 aromatic rings. The van der Waals surface area contributed by atoms with Crippen molar-refractivity contribution in [3.8, 4) is 0 Å². The van der Waals surface area contributed by atoms with Crippen LogP contribution in [0.2, 0.25) is 0 Å². The fourth-order valence-corrected chi connectivity index (χ4v) is 6.52. The first-order valence-corrected chi connectivity index (χ1v) is 11.6. The smallest absolute Gasteiger partial charge is 0.116 e. The van der Waals surface area contributed by atoms with Crippen LogP contribution in [0.3, 0.4) is 0 Å². The SMILES string of the molecule is CC1c2oc3c(c2C=CC1NC1=CCCC=C1)C1C(CC3)CCC2C=CC=CC21. The first-order valence-electron chi connectivity index (χ1n) is 11.6. The molecular formula is C27H31NO. The summed E-state index contributed by atoms with van der Waals surface area (Å²) in [5.74, 6) is 5.67. The molecule has 0 aromatic carbocycles. The van der Waals surface area contributed by atoms with Crippen LogP contribution in [-0.4, -0.2) is 6.04 Å². The molecule has 0 bridgehead atoms. The van der Waals surface area contributed by atoms with Gasteiger partial charge in [0.15, 0.2) is 0 Å². The monoisotopic (exact) mass is 385 g/mol. The molecule has 2 heteroatoms. The first kappa shape index (κ1) is 17.6. The highest BCUT2D eigenvalue weighted by atomic mass is 16.3. The van der Waals surface area contributed by atoms with Gasteiger partial charge in [-0.1, -0.05) is 55.5 Å². The van der Waals surface area contributed by atoms with E-state index in [-0.39, 0.29) is 0 Å². The van der Waals surface area contributed by atoms with Gasteiger partial charge in [0.1, 0.15) is 11.5 Å². The molecule has 6 atom stereocenters. The van der Waals surface area contributed by atoms with E-state index in [1.807, 2.05) is 0 Å². The van der Waals surface area contributed by atoms with Crippen LogP contribution in [0.15, 0.2) is 58.7 Å². The molecule has 0 spiro atoms. The van der Waals surface area contributed by atoms with Gasteiger partial charge in [0.05, 0.1) is 6.04 Å². The van der Waals surface area contributed by atoms with Gasteiger partial charge >= 0.3 is 0 Å². The van der Waals surface area contributed by atoms with Crippen LogP contribution in [-0.2, 0) is 6.42 Å². The Morgan fingerprint density at radius 1 is 1.00 bits per heavy atom. The number of rotatable bonds is 2. The van der Waals surface area contributed by atoms with Crippen LogP contribution in [0.5, 0.6) is 0 Å². The fourth-order valence-electron chi connectivity index (χ4n) is 6.52. The summed E-state index contributed by atoms with van der Waals surface area (Å²) in [6, 6.07) is 0.302. The zero-order chi connectivity index (χ0) is 19.4. The molecule has 1 saturated carbocycles. The van der Waals surface area contributed by atoms with E-state index in [1.165, 1.54) is 42.0 Å². The highest BCUT2D eigenvalue weighted by Gasteiger charge is 2.45. The molecule has 0 amide bonds. The molecule has 6 unspecified atom stereocenters. The Kier molecular flexibility index (Phi) is 4.21. The van der Waals surface area contributed by atoms with E-state index in [4.69, 9.17) is 4.42 Å². The highest BCUT2D eigenvalue weighted by Crippen LogP contribution is 2.55. The van der Waals surface area contributed by atoms with Gasteiger partial charge in [-0.25, -0.2) is 0 Å². The Bertz CT molecular complexity index is 955. The zero-order valence-electron chi connectivity index (χ0n) is 17.3. The lowest BCUT2D eigenvalue weighted by atomic mass is 9.59. The third-order valence-corrected chi connectivity index (χ3v) is 8.01. The van der Waals surface area contributed by atoms with E-state index in [9.17, 15) is 0 Å². The molecule has 1 N–H and O–H groups in total. The lowest BCUT2D eigenvalue weighted by molar-refractivity contribution is 0.179. The number of aryl methyl sites for hydroxylation is 1. The Morgan fingerprint density at radius 3 is 2.83 bits per heavy atom. The Balaban J connectivity index is 1.35. The summed E-state index contributed by atoms with van der Waals surface area (Å²) in [7, 11) is 0. The van der Waals surface area contributed by atoms with Crippen LogP contribution in [0.1, 0.15) is 73.5 Å². The van der Waals surface area contributed by atoms with Crippen LogP contribution in [0.4, 0.5) is 0 Å². The second-order valence-corrected chi connectivity index (χ2v) is 9.59. The zero-order valence-corrected chi connectivity index (χ0v) is 17.3. The molecule has 150 valence electrons. The van der Waals surface area contributed by atoms with Gasteiger partial charge in [0.25, 0.3) is 0 Å². The van der Waals surface area contributed by atoms with E-state index in [1.54, 1.807) is 5.56 Å². The van der Waals surface area contributed by atoms with Crippen molar-refractivity contribution in [1.29, 1.82) is 0 Å². The predicted octanol–water partition coefficient (Wildman–Crippen LogP) is 6.40. The van der Waals surface area contributed by atoms with Crippen LogP contribution in [0, 0.1) is 17.8 Å². The van der Waals surface area contributed by atoms with Gasteiger partial charge in [-0.2, -0.15) is 0 Å². The summed E-state index contributed by atoms with van der Waals surface area (Å²) < 4.78 is 6.62. The van der Waals surface area contributed by atoms with Crippen molar-refractivity contribution in [2.45, 2.75) is 63.3 Å². The van der Waals surface area contributed by atoms with Crippen molar-refractivity contribution >= 4 is 6.08 Å². The minimum absolute atomic E-state index is 0.302. The number of nitrogens with one attached hydrogen (secondary N) is 1. The van der Waals surface area contributed by atoms with Gasteiger partial charge < -0.3 is 9.73 Å². The molecule has 1 fully saturated rings. The Morgan fingerprint density at radius 2 is 1.93 bits per heavy atom. The fraction of sp³-hybridized carbons (Fsp3) is 0.481. The van der Waals surface area contributed by atoms with Crippen molar-refractivity contribution < 1.29 is 4.42 Å². The number of furan rings is 1. The second kappa shape index (κ2) is 6.93. The minimum Gasteiger partial charge on any atom is -0.465 e. The number of hydrogen-bond acceptors (Lipinski definition) is 2. The van der Waals surface area contributed by atoms with Crippen molar-refractivity contribution in [1.82, 2.24) is 5.32 Å². The molecule has 0 saturated heterocycles. The molecule has 0 radical (unpaired) electrons. The van der Waals surface area contributed by atoms with E-state index in [0.717, 1.165) is 25.2 Å². The lowest BCUT2D eigenvalue weighted by Gasteiger charge is -2.44. The van der Waals surface area contributed by atoms with Gasteiger partial charge in [-0.3, -0.25) is 0 Å². The second-order valence-electron chi connectivity index (χ2n) is 9.59. The molecular weight excluding hydrogens is 354 g/mol. The molecule has 5 aliphatic carbocycles. The molecule has 1 heterocycles. The highest BCUT2D eigenvalue weighted by molar-refractivity contribution is 5.64. The summed E-state index contributed by atoms with van der Waals surface area (Å²) in [6.07, 6.45) is 28.4. The standard InChI is InChI=1S/C27H31NO/c1-17-23(28-20-8-3-2-4-9-20)15-14-22-26-24(29-27(17)22)16-13-19-12-11-18-7-5-6-10-21(18)25(19)26/h3,5-10,14-15,17-19,21,23,25,28H,2,4,11-13,16H2,1H3. The average molecular weight is 386 g/mol. The lowest BCUT2D eigenvalue weighted by Crippen LogP contribution is -2.35. The number of fused-ring (bicyclic) bond motifs is 7. The molecule has 6 rings (SSSR count). The average Bonchev–Trinajstić information content (AvgIpc) is 3.16. The third-order valence-electron chi connectivity index (χ3n) is 8.01. The summed E-state index contributed by atoms with van der Waals surface area (Å²) >= 11 is 0. The summed E-state index contributed by atoms with van der Waals surface area (Å²) in [5.41, 5.74) is 4.23. The first-order chi connectivity index (χ1) is 14.3. The quantitative estimate of drug-likeness (QED) is 0.637. The molecule has 29 heavy (non-hydrogen) atoms.